The fourth-order valence-electron chi connectivity index (χ4n) is 4.77. The van der Waals surface area contributed by atoms with Gasteiger partial charge in [-0.1, -0.05) is 0 Å². The van der Waals surface area contributed by atoms with Gasteiger partial charge in [-0.2, -0.15) is 0 Å². The predicted molar refractivity (Wildman–Crippen MR) is 96.4 cm³/mol. The van der Waals surface area contributed by atoms with E-state index in [0.717, 1.165) is 39.0 Å². The van der Waals surface area contributed by atoms with Crippen molar-refractivity contribution >= 4 is 11.8 Å². The Kier molecular flexibility index (Phi) is 4.42. The molecule has 0 radical (unpaired) electrons. The van der Waals surface area contributed by atoms with E-state index < -0.39 is 5.41 Å². The van der Waals surface area contributed by atoms with Gasteiger partial charge in [0.05, 0.1) is 5.41 Å². The molecule has 2 amide bonds. The van der Waals surface area contributed by atoms with Gasteiger partial charge in [0.25, 0.3) is 5.91 Å². The number of nitrogens with zero attached hydrogens (tertiary/aromatic N) is 5. The third-order valence-electron chi connectivity index (χ3n) is 6.27. The molecule has 0 unspecified atom stereocenters. The van der Waals surface area contributed by atoms with Crippen molar-refractivity contribution in [1.29, 1.82) is 0 Å². The third kappa shape index (κ3) is 2.78. The lowest BCUT2D eigenvalue weighted by Gasteiger charge is -2.33. The van der Waals surface area contributed by atoms with Gasteiger partial charge in [0, 0.05) is 57.4 Å². The molecule has 0 bridgehead atoms. The molecule has 4 rings (SSSR count). The lowest BCUT2D eigenvalue weighted by molar-refractivity contribution is -0.141. The van der Waals surface area contributed by atoms with Crippen molar-refractivity contribution in [1.82, 2.24) is 24.7 Å². The number of likely N-dealkylation sites (tertiary alicyclic amines) is 3. The molecule has 7 nitrogen and oxygen atoms in total. The molecule has 3 aliphatic heterocycles. The van der Waals surface area contributed by atoms with Crippen LogP contribution in [0.5, 0.6) is 0 Å². The van der Waals surface area contributed by atoms with Crippen molar-refractivity contribution in [3.8, 4) is 0 Å². The van der Waals surface area contributed by atoms with Gasteiger partial charge in [0.15, 0.2) is 0 Å². The van der Waals surface area contributed by atoms with E-state index in [2.05, 4.69) is 28.7 Å². The summed E-state index contributed by atoms with van der Waals surface area (Å²) in [6.07, 6.45) is 5.16. The van der Waals surface area contributed by atoms with Gasteiger partial charge in [-0.25, -0.2) is 9.97 Å². The van der Waals surface area contributed by atoms with E-state index in [-0.39, 0.29) is 17.7 Å². The minimum absolute atomic E-state index is 0.0912. The first-order valence-electron chi connectivity index (χ1n) is 9.60. The molecule has 0 aliphatic carbocycles. The van der Waals surface area contributed by atoms with Crippen LogP contribution in [-0.2, 0) is 4.79 Å². The number of rotatable bonds is 3. The van der Waals surface area contributed by atoms with Crippen molar-refractivity contribution in [2.24, 2.45) is 11.3 Å². The number of carbonyl (C=O) groups is 2. The van der Waals surface area contributed by atoms with Crippen molar-refractivity contribution in [2.75, 3.05) is 39.3 Å². The first-order valence-corrected chi connectivity index (χ1v) is 9.60. The zero-order valence-corrected chi connectivity index (χ0v) is 15.6. The monoisotopic (exact) mass is 357 g/mol. The van der Waals surface area contributed by atoms with Crippen LogP contribution >= 0.6 is 0 Å². The zero-order chi connectivity index (χ0) is 18.3. The van der Waals surface area contributed by atoms with Gasteiger partial charge in [-0.05, 0) is 32.8 Å². The molecule has 1 aromatic rings. The van der Waals surface area contributed by atoms with Crippen LogP contribution < -0.4 is 0 Å². The number of hydrogen-bond acceptors (Lipinski definition) is 5. The second-order valence-electron chi connectivity index (χ2n) is 8.16. The molecule has 0 N–H and O–H groups in total. The fourth-order valence-corrected chi connectivity index (χ4v) is 4.77. The maximum atomic E-state index is 13.5. The minimum atomic E-state index is -0.461. The van der Waals surface area contributed by atoms with E-state index in [9.17, 15) is 9.59 Å². The normalized spacial score (nSPS) is 28.8. The van der Waals surface area contributed by atoms with Gasteiger partial charge < -0.3 is 9.80 Å². The van der Waals surface area contributed by atoms with Crippen LogP contribution in [0.25, 0.3) is 0 Å². The third-order valence-corrected chi connectivity index (χ3v) is 6.27. The van der Waals surface area contributed by atoms with E-state index in [1.165, 1.54) is 6.33 Å². The molecule has 3 aliphatic rings. The van der Waals surface area contributed by atoms with Crippen molar-refractivity contribution < 1.29 is 9.59 Å². The molecule has 26 heavy (non-hydrogen) atoms. The Morgan fingerprint density at radius 3 is 2.58 bits per heavy atom. The Bertz CT molecular complexity index is 688. The number of carbonyl (C=O) groups excluding carboxylic acids is 2. The zero-order valence-electron chi connectivity index (χ0n) is 15.6. The van der Waals surface area contributed by atoms with Crippen LogP contribution in [0.1, 0.15) is 37.2 Å². The van der Waals surface area contributed by atoms with Gasteiger partial charge >= 0.3 is 0 Å². The standard InChI is InChI=1S/C19H27N5O2/c1-14(2)23-9-15-10-24(17(25)16-5-6-20-13-21-16)12-19(15,11-23)18(26)22-7-3-4-8-22/h5-6,13-15H,3-4,7-12H2,1-2H3/t15-,19-/m0/s1. The summed E-state index contributed by atoms with van der Waals surface area (Å²) in [5.41, 5.74) is -0.0541. The molecule has 140 valence electrons. The van der Waals surface area contributed by atoms with Crippen LogP contribution in [-0.4, -0.2) is 81.8 Å². The second-order valence-corrected chi connectivity index (χ2v) is 8.16. The summed E-state index contributed by atoms with van der Waals surface area (Å²) in [4.78, 5) is 40.6. The highest BCUT2D eigenvalue weighted by atomic mass is 16.2. The summed E-state index contributed by atoms with van der Waals surface area (Å²) in [6, 6.07) is 2.06. The summed E-state index contributed by atoms with van der Waals surface area (Å²) >= 11 is 0. The van der Waals surface area contributed by atoms with Crippen LogP contribution in [0.2, 0.25) is 0 Å². The summed E-state index contributed by atoms with van der Waals surface area (Å²) in [7, 11) is 0. The van der Waals surface area contributed by atoms with E-state index >= 15 is 0 Å². The molecule has 0 spiro atoms. The Morgan fingerprint density at radius 1 is 1.15 bits per heavy atom. The van der Waals surface area contributed by atoms with Gasteiger partial charge in [-0.15, -0.1) is 0 Å². The first-order chi connectivity index (χ1) is 12.5. The molecule has 7 heteroatoms. The van der Waals surface area contributed by atoms with Crippen LogP contribution in [0.4, 0.5) is 0 Å². The second kappa shape index (κ2) is 6.61. The molecule has 4 heterocycles. The molecule has 3 fully saturated rings. The minimum Gasteiger partial charge on any atom is -0.342 e. The molecule has 0 aromatic carbocycles. The Morgan fingerprint density at radius 2 is 1.92 bits per heavy atom. The Labute approximate surface area is 154 Å². The smallest absolute Gasteiger partial charge is 0.272 e. The number of amides is 2. The maximum absolute atomic E-state index is 13.5. The number of aromatic nitrogens is 2. The Hall–Kier alpha value is -2.02. The summed E-state index contributed by atoms with van der Waals surface area (Å²) in [5.74, 6) is 0.358. The molecular formula is C19H27N5O2. The van der Waals surface area contributed by atoms with Gasteiger partial charge in [-0.3, -0.25) is 14.5 Å². The average molecular weight is 357 g/mol. The molecule has 3 saturated heterocycles. The lowest BCUT2D eigenvalue weighted by Crippen LogP contribution is -2.49. The van der Waals surface area contributed by atoms with Crippen molar-refractivity contribution in [3.05, 3.63) is 24.3 Å². The van der Waals surface area contributed by atoms with E-state index in [0.29, 0.717) is 24.8 Å². The van der Waals surface area contributed by atoms with E-state index in [1.54, 1.807) is 12.3 Å². The van der Waals surface area contributed by atoms with Crippen LogP contribution in [0.3, 0.4) is 0 Å². The number of hydrogen-bond donors (Lipinski definition) is 0. The highest BCUT2D eigenvalue weighted by molar-refractivity contribution is 5.94. The molecule has 2 atom stereocenters. The maximum Gasteiger partial charge on any atom is 0.272 e. The summed E-state index contributed by atoms with van der Waals surface area (Å²) in [5, 5.41) is 0. The average Bonchev–Trinajstić information content (AvgIpc) is 3.35. The predicted octanol–water partition coefficient (Wildman–Crippen LogP) is 0.881. The fraction of sp³-hybridized carbons (Fsp3) is 0.684. The van der Waals surface area contributed by atoms with Crippen LogP contribution in [0.15, 0.2) is 18.6 Å². The van der Waals surface area contributed by atoms with E-state index in [4.69, 9.17) is 0 Å². The van der Waals surface area contributed by atoms with E-state index in [1.807, 2.05) is 9.80 Å². The van der Waals surface area contributed by atoms with Gasteiger partial charge in [0.1, 0.15) is 12.0 Å². The van der Waals surface area contributed by atoms with Crippen molar-refractivity contribution in [3.63, 3.8) is 0 Å². The highest BCUT2D eigenvalue weighted by Crippen LogP contribution is 2.45. The van der Waals surface area contributed by atoms with Gasteiger partial charge in [0.2, 0.25) is 5.91 Å². The molecule has 0 saturated carbocycles. The summed E-state index contributed by atoms with van der Waals surface area (Å²) < 4.78 is 0. The first kappa shape index (κ1) is 17.4. The topological polar surface area (TPSA) is 69.6 Å². The highest BCUT2D eigenvalue weighted by Gasteiger charge is 2.59. The molecule has 1 aromatic heterocycles. The quantitative estimate of drug-likeness (QED) is 0.803. The summed E-state index contributed by atoms with van der Waals surface area (Å²) in [6.45, 7) is 8.83. The SMILES string of the molecule is CC(C)N1C[C@H]2CN(C(=O)c3ccncn3)C[C@@]2(C(=O)N2CCCC2)C1. The lowest BCUT2D eigenvalue weighted by atomic mass is 9.79. The number of fused-ring (bicyclic) bond motifs is 1. The molecular weight excluding hydrogens is 330 g/mol. The van der Waals surface area contributed by atoms with Crippen molar-refractivity contribution in [2.45, 2.75) is 32.7 Å². The van der Waals surface area contributed by atoms with Crippen LogP contribution in [0, 0.1) is 11.3 Å². The Balaban J connectivity index is 1.59. The largest absolute Gasteiger partial charge is 0.342 e.